The first-order valence-electron chi connectivity index (χ1n) is 12.9. The van der Waals surface area contributed by atoms with Crippen LogP contribution in [0.3, 0.4) is 0 Å². The Morgan fingerprint density at radius 1 is 0.650 bits per heavy atom. The van der Waals surface area contributed by atoms with Gasteiger partial charge in [-0.15, -0.1) is 11.8 Å². The van der Waals surface area contributed by atoms with Gasteiger partial charge in [-0.2, -0.15) is 0 Å². The summed E-state index contributed by atoms with van der Waals surface area (Å²) in [5.74, 6) is 1.10. The smallest absolute Gasteiger partial charge is 0.255 e. The van der Waals surface area contributed by atoms with Gasteiger partial charge in [-0.05, 0) is 79.2 Å². The lowest BCUT2D eigenvalue weighted by Crippen LogP contribution is -2.19. The molecule has 6 heteroatoms. The summed E-state index contributed by atoms with van der Waals surface area (Å²) in [6, 6.07) is 41.5. The van der Waals surface area contributed by atoms with Crippen molar-refractivity contribution in [3.05, 3.63) is 150 Å². The zero-order valence-electron chi connectivity index (χ0n) is 21.9. The number of aryl methyl sites for hydroxylation is 1. The second kappa shape index (κ2) is 12.8. The van der Waals surface area contributed by atoms with Gasteiger partial charge < -0.3 is 15.4 Å². The third kappa shape index (κ3) is 7.18. The molecule has 5 nitrogen and oxygen atoms in total. The summed E-state index contributed by atoms with van der Waals surface area (Å²) < 4.78 is 5.86. The largest absolute Gasteiger partial charge is 0.457 e. The highest BCUT2D eigenvalue weighted by atomic mass is 32.2. The Morgan fingerprint density at radius 2 is 1.30 bits per heavy atom. The van der Waals surface area contributed by atoms with E-state index in [9.17, 15) is 9.59 Å². The predicted molar refractivity (Wildman–Crippen MR) is 162 cm³/mol. The van der Waals surface area contributed by atoms with Gasteiger partial charge >= 0.3 is 0 Å². The highest BCUT2D eigenvalue weighted by Gasteiger charge is 2.22. The van der Waals surface area contributed by atoms with Gasteiger partial charge in [0.05, 0.1) is 0 Å². The van der Waals surface area contributed by atoms with Crippen molar-refractivity contribution in [2.24, 2.45) is 0 Å². The maximum Gasteiger partial charge on any atom is 0.255 e. The number of para-hydroxylation sites is 1. The standard InChI is InChI=1S/C34H28N2O3S/c1-24-15-17-26(18-16-24)33(37)36-28-11-8-14-31(23-28)40-32(25-9-4-2-5-10-25)34(38)35-27-19-21-30(22-20-27)39-29-12-6-3-7-13-29/h2-23,32H,1H3,(H,35,38)(H,36,37). The number of ether oxygens (including phenoxy) is 1. The lowest BCUT2D eigenvalue weighted by atomic mass is 10.1. The Kier molecular flexibility index (Phi) is 8.59. The van der Waals surface area contributed by atoms with Crippen LogP contribution in [0.15, 0.2) is 138 Å². The first-order chi connectivity index (χ1) is 19.5. The van der Waals surface area contributed by atoms with Crippen molar-refractivity contribution in [2.75, 3.05) is 10.6 Å². The lowest BCUT2D eigenvalue weighted by Gasteiger charge is -2.18. The van der Waals surface area contributed by atoms with Crippen LogP contribution in [-0.2, 0) is 4.79 Å². The van der Waals surface area contributed by atoms with Gasteiger partial charge in [0, 0.05) is 21.8 Å². The molecule has 0 spiro atoms. The normalized spacial score (nSPS) is 11.3. The SMILES string of the molecule is Cc1ccc(C(=O)Nc2cccc(SC(C(=O)Nc3ccc(Oc4ccccc4)cc3)c3ccccc3)c2)cc1. The van der Waals surface area contributed by atoms with Crippen LogP contribution in [0.4, 0.5) is 11.4 Å². The molecule has 0 radical (unpaired) electrons. The van der Waals surface area contributed by atoms with Gasteiger partial charge in [0.1, 0.15) is 16.7 Å². The van der Waals surface area contributed by atoms with Crippen molar-refractivity contribution in [3.63, 3.8) is 0 Å². The Balaban J connectivity index is 1.29. The van der Waals surface area contributed by atoms with E-state index in [1.807, 2.05) is 128 Å². The molecule has 2 N–H and O–H groups in total. The molecule has 0 saturated carbocycles. The van der Waals surface area contributed by atoms with Gasteiger partial charge in [-0.25, -0.2) is 0 Å². The number of hydrogen-bond acceptors (Lipinski definition) is 4. The molecule has 0 saturated heterocycles. The minimum absolute atomic E-state index is 0.151. The van der Waals surface area contributed by atoms with E-state index in [0.717, 1.165) is 21.8 Å². The van der Waals surface area contributed by atoms with E-state index in [1.165, 1.54) is 11.8 Å². The van der Waals surface area contributed by atoms with E-state index in [1.54, 1.807) is 12.1 Å². The fourth-order valence-electron chi connectivity index (χ4n) is 4.03. The van der Waals surface area contributed by atoms with Crippen molar-refractivity contribution in [2.45, 2.75) is 17.1 Å². The Bertz CT molecular complexity index is 1570. The zero-order chi connectivity index (χ0) is 27.7. The quantitative estimate of drug-likeness (QED) is 0.183. The first-order valence-corrected chi connectivity index (χ1v) is 13.7. The molecule has 5 aromatic carbocycles. The topological polar surface area (TPSA) is 67.4 Å². The number of thioether (sulfide) groups is 1. The molecule has 2 amide bonds. The number of anilines is 2. The van der Waals surface area contributed by atoms with Crippen molar-refractivity contribution in [1.29, 1.82) is 0 Å². The molecule has 0 fully saturated rings. The lowest BCUT2D eigenvalue weighted by molar-refractivity contribution is -0.115. The number of nitrogens with one attached hydrogen (secondary N) is 2. The Hall–Kier alpha value is -4.81. The molecule has 198 valence electrons. The van der Waals surface area contributed by atoms with Crippen LogP contribution in [0.5, 0.6) is 11.5 Å². The monoisotopic (exact) mass is 544 g/mol. The molecule has 1 unspecified atom stereocenters. The highest BCUT2D eigenvalue weighted by molar-refractivity contribution is 8.00. The molecule has 0 aliphatic rings. The maximum absolute atomic E-state index is 13.5. The van der Waals surface area contributed by atoms with Gasteiger partial charge in [-0.3, -0.25) is 9.59 Å². The predicted octanol–water partition coefficient (Wildman–Crippen LogP) is 8.51. The van der Waals surface area contributed by atoms with Crippen LogP contribution >= 0.6 is 11.8 Å². The summed E-state index contributed by atoms with van der Waals surface area (Å²) in [7, 11) is 0. The van der Waals surface area contributed by atoms with E-state index in [2.05, 4.69) is 10.6 Å². The summed E-state index contributed by atoms with van der Waals surface area (Å²) in [4.78, 5) is 27.1. The first kappa shape index (κ1) is 26.8. The van der Waals surface area contributed by atoms with Crippen LogP contribution in [0.25, 0.3) is 0 Å². The van der Waals surface area contributed by atoms with Crippen molar-refractivity contribution >= 4 is 35.0 Å². The van der Waals surface area contributed by atoms with Gasteiger partial charge in [0.15, 0.2) is 0 Å². The van der Waals surface area contributed by atoms with Crippen LogP contribution in [0, 0.1) is 6.92 Å². The fraction of sp³-hybridized carbons (Fsp3) is 0.0588. The maximum atomic E-state index is 13.5. The molecule has 0 bridgehead atoms. The summed E-state index contributed by atoms with van der Waals surface area (Å²) in [5.41, 5.74) is 3.90. The molecule has 5 rings (SSSR count). The summed E-state index contributed by atoms with van der Waals surface area (Å²) in [6.45, 7) is 1.98. The number of rotatable bonds is 9. The summed E-state index contributed by atoms with van der Waals surface area (Å²) in [6.07, 6.45) is 0. The molecule has 0 aromatic heterocycles. The average Bonchev–Trinajstić information content (AvgIpc) is 2.98. The van der Waals surface area contributed by atoms with Gasteiger partial charge in [0.25, 0.3) is 5.91 Å². The third-order valence-electron chi connectivity index (χ3n) is 6.10. The van der Waals surface area contributed by atoms with E-state index in [0.29, 0.717) is 22.7 Å². The second-order valence-electron chi connectivity index (χ2n) is 9.19. The van der Waals surface area contributed by atoms with E-state index >= 15 is 0 Å². The molecule has 40 heavy (non-hydrogen) atoms. The number of amides is 2. The van der Waals surface area contributed by atoms with Crippen LogP contribution in [-0.4, -0.2) is 11.8 Å². The van der Waals surface area contributed by atoms with Gasteiger partial charge in [0.2, 0.25) is 5.91 Å². The van der Waals surface area contributed by atoms with Crippen LogP contribution < -0.4 is 15.4 Å². The van der Waals surface area contributed by atoms with Crippen LogP contribution in [0.2, 0.25) is 0 Å². The average molecular weight is 545 g/mol. The number of carbonyl (C=O) groups is 2. The molecule has 0 aliphatic heterocycles. The van der Waals surface area contributed by atoms with Gasteiger partial charge in [-0.1, -0.05) is 72.3 Å². The number of carbonyl (C=O) groups excluding carboxylic acids is 2. The van der Waals surface area contributed by atoms with Crippen molar-refractivity contribution in [1.82, 2.24) is 0 Å². The molecule has 0 heterocycles. The van der Waals surface area contributed by atoms with Crippen LogP contribution in [0.1, 0.15) is 26.7 Å². The number of benzene rings is 5. The highest BCUT2D eigenvalue weighted by Crippen LogP contribution is 2.37. The molecule has 0 aliphatic carbocycles. The fourth-order valence-corrected chi connectivity index (χ4v) is 5.11. The Morgan fingerprint density at radius 3 is 2.00 bits per heavy atom. The number of hydrogen-bond donors (Lipinski definition) is 2. The third-order valence-corrected chi connectivity index (χ3v) is 7.35. The summed E-state index contributed by atoms with van der Waals surface area (Å²) >= 11 is 1.43. The van der Waals surface area contributed by atoms with E-state index in [-0.39, 0.29) is 11.8 Å². The van der Waals surface area contributed by atoms with E-state index in [4.69, 9.17) is 4.74 Å². The molecule has 5 aromatic rings. The zero-order valence-corrected chi connectivity index (χ0v) is 22.7. The van der Waals surface area contributed by atoms with E-state index < -0.39 is 5.25 Å². The summed E-state index contributed by atoms with van der Waals surface area (Å²) in [5, 5.41) is 5.49. The minimum atomic E-state index is -0.510. The molecule has 1 atom stereocenters. The minimum Gasteiger partial charge on any atom is -0.457 e. The molecular formula is C34H28N2O3S. The van der Waals surface area contributed by atoms with Crippen molar-refractivity contribution < 1.29 is 14.3 Å². The Labute approximate surface area is 238 Å². The van der Waals surface area contributed by atoms with Crippen molar-refractivity contribution in [3.8, 4) is 11.5 Å². The molecular weight excluding hydrogens is 516 g/mol. The second-order valence-corrected chi connectivity index (χ2v) is 10.4.